The first kappa shape index (κ1) is 26.5. The number of nitrogens with one attached hydrogen (secondary N) is 1. The summed E-state index contributed by atoms with van der Waals surface area (Å²) in [6, 6.07) is 14.7. The standard InChI is InChI=1S/C27H31N3O6S/c1-2-21(25(32)27-29-22-12-6-7-13-23(22)36-27)28-26(33)20(16-24(31)30-14-8-9-15-30)18-37(34,35)17-19-10-4-3-5-11-19/h3-7,10-13,20-21H,2,8-9,14-18H2,1H3,(H,28,33). The van der Waals surface area contributed by atoms with Crippen LogP contribution in [-0.4, -0.2) is 60.8 Å². The SMILES string of the molecule is CCC(NC(=O)C(CC(=O)N1CCCC1)CS(=O)(=O)Cc1ccccc1)C(=O)c1nc2ccccc2o1. The summed E-state index contributed by atoms with van der Waals surface area (Å²) in [6.45, 7) is 2.91. The Morgan fingerprint density at radius 1 is 1.03 bits per heavy atom. The van der Waals surface area contributed by atoms with Crippen LogP contribution in [0, 0.1) is 5.92 Å². The number of nitrogens with zero attached hydrogens (tertiary/aromatic N) is 2. The third-order valence-corrected chi connectivity index (χ3v) is 8.16. The number of hydrogen-bond donors (Lipinski definition) is 1. The fourth-order valence-electron chi connectivity index (χ4n) is 4.50. The molecule has 1 fully saturated rings. The van der Waals surface area contributed by atoms with Crippen LogP contribution in [0.15, 0.2) is 59.0 Å². The van der Waals surface area contributed by atoms with Crippen molar-refractivity contribution in [3.63, 3.8) is 0 Å². The van der Waals surface area contributed by atoms with E-state index in [4.69, 9.17) is 4.42 Å². The van der Waals surface area contributed by atoms with Crippen LogP contribution in [0.25, 0.3) is 11.1 Å². The molecule has 1 aliphatic rings. The normalized spacial score (nSPS) is 15.4. The average Bonchev–Trinajstić information content (AvgIpc) is 3.57. The number of fused-ring (bicyclic) bond motifs is 1. The van der Waals surface area contributed by atoms with Crippen LogP contribution in [0.5, 0.6) is 0 Å². The highest BCUT2D eigenvalue weighted by Gasteiger charge is 2.33. The lowest BCUT2D eigenvalue weighted by Gasteiger charge is -2.23. The number of likely N-dealkylation sites (tertiary alicyclic amines) is 1. The van der Waals surface area contributed by atoms with E-state index < -0.39 is 39.2 Å². The van der Waals surface area contributed by atoms with Crippen molar-refractivity contribution in [3.05, 3.63) is 66.1 Å². The highest BCUT2D eigenvalue weighted by atomic mass is 32.2. The maximum Gasteiger partial charge on any atom is 0.266 e. The lowest BCUT2D eigenvalue weighted by molar-refractivity contribution is -0.135. The molecule has 1 aliphatic heterocycles. The summed E-state index contributed by atoms with van der Waals surface area (Å²) in [4.78, 5) is 45.2. The lowest BCUT2D eigenvalue weighted by Crippen LogP contribution is -2.46. The van der Waals surface area contributed by atoms with Crippen LogP contribution >= 0.6 is 0 Å². The number of Topliss-reactive ketones (excluding diaryl/α,β-unsaturated/α-hetero) is 1. The predicted octanol–water partition coefficient (Wildman–Crippen LogP) is 3.15. The molecule has 2 aromatic carbocycles. The molecule has 4 rings (SSSR count). The van der Waals surface area contributed by atoms with Crippen molar-refractivity contribution >= 4 is 38.5 Å². The first-order valence-electron chi connectivity index (χ1n) is 12.5. The van der Waals surface area contributed by atoms with E-state index in [1.165, 1.54) is 0 Å². The molecule has 196 valence electrons. The molecule has 3 aromatic rings. The molecular weight excluding hydrogens is 494 g/mol. The fourth-order valence-corrected chi connectivity index (χ4v) is 6.20. The van der Waals surface area contributed by atoms with Crippen LogP contribution in [0.1, 0.15) is 48.9 Å². The molecule has 9 nitrogen and oxygen atoms in total. The molecule has 1 N–H and O–H groups in total. The molecule has 0 radical (unpaired) electrons. The van der Waals surface area contributed by atoms with Crippen molar-refractivity contribution in [3.8, 4) is 0 Å². The fraction of sp³-hybridized carbons (Fsp3) is 0.407. The van der Waals surface area contributed by atoms with Crippen molar-refractivity contribution < 1.29 is 27.2 Å². The summed E-state index contributed by atoms with van der Waals surface area (Å²) in [7, 11) is -3.73. The Kier molecular flexibility index (Phi) is 8.38. The molecule has 37 heavy (non-hydrogen) atoms. The lowest BCUT2D eigenvalue weighted by atomic mass is 10.0. The molecule has 0 aliphatic carbocycles. The second-order valence-electron chi connectivity index (χ2n) is 9.35. The van der Waals surface area contributed by atoms with Crippen LogP contribution in [-0.2, 0) is 25.2 Å². The zero-order valence-electron chi connectivity index (χ0n) is 20.8. The number of para-hydroxylation sites is 2. The van der Waals surface area contributed by atoms with E-state index in [1.807, 2.05) is 0 Å². The van der Waals surface area contributed by atoms with E-state index in [0.717, 1.165) is 12.8 Å². The number of carbonyl (C=O) groups is 3. The van der Waals surface area contributed by atoms with Crippen molar-refractivity contribution in [2.24, 2.45) is 5.92 Å². The summed E-state index contributed by atoms with van der Waals surface area (Å²) >= 11 is 0. The van der Waals surface area contributed by atoms with Gasteiger partial charge in [0.1, 0.15) is 5.52 Å². The van der Waals surface area contributed by atoms with Crippen LogP contribution in [0.4, 0.5) is 0 Å². The van der Waals surface area contributed by atoms with Crippen molar-refractivity contribution in [2.75, 3.05) is 18.8 Å². The van der Waals surface area contributed by atoms with Gasteiger partial charge in [-0.15, -0.1) is 0 Å². The molecule has 2 amide bonds. The third kappa shape index (κ3) is 6.82. The molecule has 0 spiro atoms. The number of amides is 2. The largest absolute Gasteiger partial charge is 0.434 e. The van der Waals surface area contributed by atoms with Crippen molar-refractivity contribution in [1.82, 2.24) is 15.2 Å². The van der Waals surface area contributed by atoms with Crippen LogP contribution in [0.2, 0.25) is 0 Å². The summed E-state index contributed by atoms with van der Waals surface area (Å²) in [5.41, 5.74) is 1.58. The molecule has 2 unspecified atom stereocenters. The summed E-state index contributed by atoms with van der Waals surface area (Å²) < 4.78 is 31.6. The number of hydrogen-bond acceptors (Lipinski definition) is 7. The Morgan fingerprint density at radius 3 is 2.38 bits per heavy atom. The second-order valence-corrected chi connectivity index (χ2v) is 11.5. The van der Waals surface area contributed by atoms with Gasteiger partial charge >= 0.3 is 0 Å². The number of benzene rings is 2. The number of ketones is 1. The maximum atomic E-state index is 13.4. The predicted molar refractivity (Wildman–Crippen MR) is 138 cm³/mol. The summed E-state index contributed by atoms with van der Waals surface area (Å²) in [5.74, 6) is -3.42. The first-order valence-corrected chi connectivity index (χ1v) is 14.3. The van der Waals surface area contributed by atoms with Gasteiger partial charge in [-0.05, 0) is 37.0 Å². The summed E-state index contributed by atoms with van der Waals surface area (Å²) in [5, 5.41) is 2.67. The number of sulfone groups is 1. The molecule has 0 saturated carbocycles. The quantitative estimate of drug-likeness (QED) is 0.381. The van der Waals surface area contributed by atoms with E-state index in [9.17, 15) is 22.8 Å². The van der Waals surface area contributed by atoms with Gasteiger partial charge in [-0.25, -0.2) is 13.4 Å². The highest BCUT2D eigenvalue weighted by molar-refractivity contribution is 7.90. The van der Waals surface area contributed by atoms with E-state index in [1.54, 1.807) is 66.4 Å². The Hall–Kier alpha value is -3.53. The monoisotopic (exact) mass is 525 g/mol. The molecular formula is C27H31N3O6S. The Morgan fingerprint density at radius 2 is 1.70 bits per heavy atom. The topological polar surface area (TPSA) is 127 Å². The number of carbonyl (C=O) groups excluding carboxylic acids is 3. The first-order chi connectivity index (χ1) is 17.8. The third-order valence-electron chi connectivity index (χ3n) is 6.48. The van der Waals surface area contributed by atoms with Gasteiger partial charge in [-0.1, -0.05) is 49.4 Å². The van der Waals surface area contributed by atoms with Gasteiger partial charge in [0, 0.05) is 19.5 Å². The van der Waals surface area contributed by atoms with E-state index in [0.29, 0.717) is 29.8 Å². The van der Waals surface area contributed by atoms with E-state index in [-0.39, 0.29) is 30.4 Å². The number of rotatable bonds is 11. The highest BCUT2D eigenvalue weighted by Crippen LogP contribution is 2.19. The molecule has 1 aromatic heterocycles. The summed E-state index contributed by atoms with van der Waals surface area (Å²) in [6.07, 6.45) is 1.76. The Bertz CT molecular complexity index is 1330. The van der Waals surface area contributed by atoms with Crippen LogP contribution in [0.3, 0.4) is 0 Å². The molecule has 0 bridgehead atoms. The molecule has 10 heteroatoms. The average molecular weight is 526 g/mol. The zero-order valence-corrected chi connectivity index (χ0v) is 21.6. The van der Waals surface area contributed by atoms with Crippen molar-refractivity contribution in [2.45, 2.75) is 44.4 Å². The number of aromatic nitrogens is 1. The van der Waals surface area contributed by atoms with Gasteiger partial charge in [-0.2, -0.15) is 0 Å². The van der Waals surface area contributed by atoms with Gasteiger partial charge in [-0.3, -0.25) is 14.4 Å². The van der Waals surface area contributed by atoms with Crippen LogP contribution < -0.4 is 5.32 Å². The zero-order chi connectivity index (χ0) is 26.4. The minimum Gasteiger partial charge on any atom is -0.434 e. The van der Waals surface area contributed by atoms with Gasteiger partial charge in [0.15, 0.2) is 15.4 Å². The van der Waals surface area contributed by atoms with Gasteiger partial charge in [0.05, 0.1) is 23.5 Å². The van der Waals surface area contributed by atoms with E-state index in [2.05, 4.69) is 10.3 Å². The Balaban J connectivity index is 1.51. The van der Waals surface area contributed by atoms with Gasteiger partial charge < -0.3 is 14.6 Å². The number of oxazole rings is 1. The maximum absolute atomic E-state index is 13.4. The van der Waals surface area contributed by atoms with Gasteiger partial charge in [0.2, 0.25) is 17.6 Å². The second kappa shape index (κ2) is 11.7. The smallest absolute Gasteiger partial charge is 0.266 e. The van der Waals surface area contributed by atoms with Crippen molar-refractivity contribution in [1.29, 1.82) is 0 Å². The van der Waals surface area contributed by atoms with E-state index >= 15 is 0 Å². The van der Waals surface area contributed by atoms with Gasteiger partial charge in [0.25, 0.3) is 5.89 Å². The molecule has 1 saturated heterocycles. The molecule has 2 atom stereocenters. The minimum atomic E-state index is -3.73. The minimum absolute atomic E-state index is 0.130. The Labute approximate surface area is 216 Å². The molecule has 2 heterocycles.